The summed E-state index contributed by atoms with van der Waals surface area (Å²) in [5.41, 5.74) is 2.25. The van der Waals surface area contributed by atoms with Gasteiger partial charge in [0.25, 0.3) is 6.47 Å². The van der Waals surface area contributed by atoms with Gasteiger partial charge in [-0.2, -0.15) is 0 Å². The molecule has 8 heavy (non-hydrogen) atoms. The van der Waals surface area contributed by atoms with Gasteiger partial charge in [0.15, 0.2) is 0 Å². The summed E-state index contributed by atoms with van der Waals surface area (Å²) in [6, 6.07) is 0. The Balaban J connectivity index is 0. The van der Waals surface area contributed by atoms with E-state index in [0.717, 1.165) is 0 Å². The Labute approximate surface area is 49.5 Å². The normalized spacial score (nSPS) is 5.12. The lowest BCUT2D eigenvalue weighted by molar-refractivity contribution is -0.128. The molecular weight excluding hydrogens is 104 g/mol. The second kappa shape index (κ2) is 16.7. The molecule has 0 atom stereocenters. The topological polar surface area (TPSA) is 26.3 Å². The van der Waals surface area contributed by atoms with Crippen molar-refractivity contribution in [1.29, 1.82) is 0 Å². The standard InChI is InChI=1S/C3H6O2.C3H4/c1-2-5-3-4;1-3-2/h3H,2H2,1H3;1-2H2. The van der Waals surface area contributed by atoms with Gasteiger partial charge >= 0.3 is 0 Å². The van der Waals surface area contributed by atoms with E-state index < -0.39 is 0 Å². The van der Waals surface area contributed by atoms with Gasteiger partial charge in [0.05, 0.1) is 6.61 Å². The summed E-state index contributed by atoms with van der Waals surface area (Å²) in [6.07, 6.45) is 0. The Morgan fingerprint density at radius 2 is 2.12 bits per heavy atom. The molecule has 0 amide bonds. The third-order valence-corrected chi connectivity index (χ3v) is 0.235. The van der Waals surface area contributed by atoms with Crippen LogP contribution < -0.4 is 0 Å². The molecular formula is C6H10O2. The van der Waals surface area contributed by atoms with Gasteiger partial charge in [-0.3, -0.25) is 4.79 Å². The summed E-state index contributed by atoms with van der Waals surface area (Å²) in [7, 11) is 0. The molecule has 0 heterocycles. The van der Waals surface area contributed by atoms with Crippen molar-refractivity contribution < 1.29 is 9.53 Å². The van der Waals surface area contributed by atoms with Gasteiger partial charge in [-0.05, 0) is 6.92 Å². The molecule has 0 radical (unpaired) electrons. The molecule has 0 aromatic heterocycles. The number of carbonyl (C=O) groups excluding carboxylic acids is 1. The molecule has 2 heteroatoms. The van der Waals surface area contributed by atoms with Gasteiger partial charge in [-0.25, -0.2) is 0 Å². The van der Waals surface area contributed by atoms with E-state index in [2.05, 4.69) is 23.6 Å². The fraction of sp³-hybridized carbons (Fsp3) is 0.333. The van der Waals surface area contributed by atoms with Gasteiger partial charge < -0.3 is 4.74 Å². The van der Waals surface area contributed by atoms with E-state index in [1.807, 2.05) is 0 Å². The van der Waals surface area contributed by atoms with Crippen molar-refractivity contribution in [2.75, 3.05) is 6.61 Å². The first-order valence-electron chi connectivity index (χ1n) is 2.17. The highest BCUT2D eigenvalue weighted by Gasteiger charge is 1.60. The van der Waals surface area contributed by atoms with Crippen LogP contribution in [0.3, 0.4) is 0 Å². The third-order valence-electron chi connectivity index (χ3n) is 0.235. The van der Waals surface area contributed by atoms with E-state index in [1.54, 1.807) is 6.92 Å². The number of carbonyl (C=O) groups is 1. The van der Waals surface area contributed by atoms with Gasteiger partial charge in [-0.15, -0.1) is 5.73 Å². The van der Waals surface area contributed by atoms with Crippen molar-refractivity contribution in [1.82, 2.24) is 0 Å². The molecule has 0 aromatic carbocycles. The maximum Gasteiger partial charge on any atom is 0.293 e. The summed E-state index contributed by atoms with van der Waals surface area (Å²) in [5.74, 6) is 0. The number of rotatable bonds is 2. The zero-order valence-corrected chi connectivity index (χ0v) is 5.02. The second-order valence-corrected chi connectivity index (χ2v) is 0.802. The van der Waals surface area contributed by atoms with Crippen LogP contribution in [0.15, 0.2) is 18.9 Å². The first kappa shape index (κ1) is 10.1. The highest BCUT2D eigenvalue weighted by Crippen LogP contribution is 1.55. The average molecular weight is 114 g/mol. The molecule has 0 rings (SSSR count). The van der Waals surface area contributed by atoms with Crippen LogP contribution in [0.1, 0.15) is 6.92 Å². The minimum atomic E-state index is 0.431. The maximum absolute atomic E-state index is 9.18. The molecule has 0 N–H and O–H groups in total. The van der Waals surface area contributed by atoms with Gasteiger partial charge in [0, 0.05) is 0 Å². The summed E-state index contributed by atoms with van der Waals surface area (Å²) in [6.45, 7) is 8.91. The predicted molar refractivity (Wildman–Crippen MR) is 32.5 cm³/mol. The van der Waals surface area contributed by atoms with Crippen molar-refractivity contribution in [3.63, 3.8) is 0 Å². The van der Waals surface area contributed by atoms with E-state index in [4.69, 9.17) is 0 Å². The summed E-state index contributed by atoms with van der Waals surface area (Å²) >= 11 is 0. The zero-order valence-electron chi connectivity index (χ0n) is 5.02. The predicted octanol–water partition coefficient (Wildman–Crippen LogP) is 1.14. The van der Waals surface area contributed by atoms with Crippen LogP contribution in [0.25, 0.3) is 0 Å². The molecule has 0 fully saturated rings. The minimum Gasteiger partial charge on any atom is -0.468 e. The van der Waals surface area contributed by atoms with E-state index in [0.29, 0.717) is 13.1 Å². The van der Waals surface area contributed by atoms with E-state index >= 15 is 0 Å². The van der Waals surface area contributed by atoms with Crippen molar-refractivity contribution >= 4 is 6.47 Å². The molecule has 0 aliphatic heterocycles. The first-order valence-corrected chi connectivity index (χ1v) is 2.17. The molecule has 0 unspecified atom stereocenters. The van der Waals surface area contributed by atoms with Crippen LogP contribution in [0.2, 0.25) is 0 Å². The smallest absolute Gasteiger partial charge is 0.293 e. The molecule has 0 aromatic rings. The molecule has 0 aliphatic carbocycles. The molecule has 0 saturated heterocycles. The lowest BCUT2D eigenvalue weighted by Gasteiger charge is -1.79. The lowest BCUT2D eigenvalue weighted by atomic mass is 10.9. The highest BCUT2D eigenvalue weighted by atomic mass is 16.5. The van der Waals surface area contributed by atoms with Crippen LogP contribution in [0.4, 0.5) is 0 Å². The third kappa shape index (κ3) is 81.1. The van der Waals surface area contributed by atoms with Gasteiger partial charge in [-0.1, -0.05) is 13.2 Å². The Kier molecular flexibility index (Phi) is 21.0. The average Bonchev–Trinajstić information content (AvgIpc) is 1.71. The molecule has 0 saturated carbocycles. The lowest BCUT2D eigenvalue weighted by Crippen LogP contribution is -1.80. The number of hydrogen-bond donors (Lipinski definition) is 0. The largest absolute Gasteiger partial charge is 0.468 e. The quantitative estimate of drug-likeness (QED) is 0.397. The van der Waals surface area contributed by atoms with E-state index in [1.165, 1.54) is 0 Å². The Bertz CT molecular complexity index is 70.6. The molecule has 0 bridgehead atoms. The highest BCUT2D eigenvalue weighted by molar-refractivity contribution is 5.36. The molecule has 46 valence electrons. The SMILES string of the molecule is C=C=C.CCOC=O. The van der Waals surface area contributed by atoms with E-state index in [9.17, 15) is 4.79 Å². The van der Waals surface area contributed by atoms with Gasteiger partial charge in [0.1, 0.15) is 0 Å². The second-order valence-electron chi connectivity index (χ2n) is 0.802. The summed E-state index contributed by atoms with van der Waals surface area (Å²) < 4.78 is 4.15. The zero-order chi connectivity index (χ0) is 6.83. The van der Waals surface area contributed by atoms with Crippen molar-refractivity contribution in [2.24, 2.45) is 0 Å². The summed E-state index contributed by atoms with van der Waals surface area (Å²) in [5, 5.41) is 0. The molecule has 0 spiro atoms. The van der Waals surface area contributed by atoms with Crippen molar-refractivity contribution in [3.05, 3.63) is 18.9 Å². The molecule has 0 aliphatic rings. The Hall–Kier alpha value is -1.01. The van der Waals surface area contributed by atoms with Crippen LogP contribution in [0.5, 0.6) is 0 Å². The maximum atomic E-state index is 9.18. The van der Waals surface area contributed by atoms with E-state index in [-0.39, 0.29) is 0 Å². The fourth-order valence-electron chi connectivity index (χ4n) is 0.0680. The van der Waals surface area contributed by atoms with Crippen molar-refractivity contribution in [2.45, 2.75) is 6.92 Å². The van der Waals surface area contributed by atoms with Crippen LogP contribution in [-0.4, -0.2) is 13.1 Å². The Morgan fingerprint density at radius 1 is 1.75 bits per heavy atom. The fourth-order valence-corrected chi connectivity index (χ4v) is 0.0680. The minimum absolute atomic E-state index is 0.431. The van der Waals surface area contributed by atoms with Crippen LogP contribution in [-0.2, 0) is 9.53 Å². The molecule has 2 nitrogen and oxygen atoms in total. The van der Waals surface area contributed by atoms with Gasteiger partial charge in [0.2, 0.25) is 0 Å². The van der Waals surface area contributed by atoms with Crippen LogP contribution >= 0.6 is 0 Å². The Morgan fingerprint density at radius 3 is 2.12 bits per heavy atom. The van der Waals surface area contributed by atoms with Crippen molar-refractivity contribution in [3.8, 4) is 0 Å². The summed E-state index contributed by atoms with van der Waals surface area (Å²) in [4.78, 5) is 9.18. The first-order chi connectivity index (χ1) is 3.83. The monoisotopic (exact) mass is 114 g/mol. The van der Waals surface area contributed by atoms with Crippen LogP contribution in [0, 0.1) is 0 Å². The number of hydrogen-bond acceptors (Lipinski definition) is 2. The number of ether oxygens (including phenoxy) is 1.